The Labute approximate surface area is 171 Å². The van der Waals surface area contributed by atoms with Gasteiger partial charge < -0.3 is 15.8 Å². The third-order valence-corrected chi connectivity index (χ3v) is 6.44. The summed E-state index contributed by atoms with van der Waals surface area (Å²) in [6, 6.07) is 3.69. The van der Waals surface area contributed by atoms with Crippen molar-refractivity contribution >= 4 is 6.09 Å². The fraction of sp³-hybridized carbons (Fsp3) is 0.636. The molecule has 1 aliphatic carbocycles. The number of carbonyl (C=O) groups excluding carboxylic acids is 1. The Kier molecular flexibility index (Phi) is 4.83. The Hall–Kier alpha value is -2.17. The van der Waals surface area contributed by atoms with E-state index >= 15 is 4.39 Å². The van der Waals surface area contributed by atoms with E-state index in [1.807, 2.05) is 20.8 Å². The van der Waals surface area contributed by atoms with Gasteiger partial charge in [-0.3, -0.25) is 4.90 Å². The van der Waals surface area contributed by atoms with Gasteiger partial charge in [0.15, 0.2) is 0 Å². The highest BCUT2D eigenvalue weighted by molar-refractivity contribution is 5.72. The molecule has 3 N–H and O–H groups in total. The highest BCUT2D eigenvalue weighted by Gasteiger charge is 2.55. The Morgan fingerprint density at radius 1 is 1.41 bits per heavy atom. The number of carbonyl (C=O) groups is 1. The quantitative estimate of drug-likeness (QED) is 0.756. The first-order valence-electron chi connectivity index (χ1n) is 10.4. The largest absolute Gasteiger partial charge is 0.444 e. The number of rotatable bonds is 1. The van der Waals surface area contributed by atoms with Crippen molar-refractivity contribution in [1.29, 1.82) is 5.26 Å². The first-order chi connectivity index (χ1) is 13.7. The lowest BCUT2D eigenvalue weighted by molar-refractivity contribution is -0.0116. The molecular formula is C22H29FN4O2. The number of ether oxygens (including phenoxy) is 1. The molecule has 1 aromatic carbocycles. The molecule has 4 rings (SSSR count). The molecule has 0 radical (unpaired) electrons. The highest BCUT2D eigenvalue weighted by Crippen LogP contribution is 2.47. The summed E-state index contributed by atoms with van der Waals surface area (Å²) in [4.78, 5) is 14.9. The minimum absolute atomic E-state index is 0.0299. The molecule has 1 amide bonds. The maximum absolute atomic E-state index is 15.2. The number of benzene rings is 1. The second kappa shape index (κ2) is 6.96. The minimum Gasteiger partial charge on any atom is -0.444 e. The van der Waals surface area contributed by atoms with E-state index in [-0.39, 0.29) is 17.9 Å². The van der Waals surface area contributed by atoms with E-state index in [1.165, 1.54) is 6.07 Å². The van der Waals surface area contributed by atoms with E-state index in [2.05, 4.69) is 11.4 Å². The average Bonchev–Trinajstić information content (AvgIpc) is 2.87. The normalized spacial score (nSPS) is 28.6. The van der Waals surface area contributed by atoms with Crippen LogP contribution in [0.3, 0.4) is 0 Å². The van der Waals surface area contributed by atoms with Gasteiger partial charge in [-0.2, -0.15) is 5.26 Å². The monoisotopic (exact) mass is 400 g/mol. The number of hydrogen-bond donors (Lipinski definition) is 2. The number of nitriles is 1. The van der Waals surface area contributed by atoms with Gasteiger partial charge in [-0.1, -0.05) is 0 Å². The summed E-state index contributed by atoms with van der Waals surface area (Å²) in [7, 11) is 0. The van der Waals surface area contributed by atoms with Gasteiger partial charge in [0, 0.05) is 30.7 Å². The van der Waals surface area contributed by atoms with Crippen LogP contribution in [0.5, 0.6) is 0 Å². The minimum atomic E-state index is -0.772. The summed E-state index contributed by atoms with van der Waals surface area (Å²) in [6.07, 6.45) is 2.83. The van der Waals surface area contributed by atoms with Crippen molar-refractivity contribution in [2.75, 3.05) is 13.1 Å². The molecule has 7 heteroatoms. The SMILES string of the molecule is CC(C)(C)OC(=O)N1C2CCC1(c1cc(F)c3c(c1C#N)CCC(N)C3)CNC2. The molecule has 6 nitrogen and oxygen atoms in total. The van der Waals surface area contributed by atoms with Crippen LogP contribution in [0.1, 0.15) is 62.3 Å². The van der Waals surface area contributed by atoms with Crippen LogP contribution >= 0.6 is 0 Å². The van der Waals surface area contributed by atoms with E-state index in [1.54, 1.807) is 4.90 Å². The lowest BCUT2D eigenvalue weighted by Crippen LogP contribution is -2.61. The molecule has 3 aliphatic rings. The highest BCUT2D eigenvalue weighted by atomic mass is 19.1. The van der Waals surface area contributed by atoms with Gasteiger partial charge in [0.05, 0.1) is 17.2 Å². The van der Waals surface area contributed by atoms with Crippen molar-refractivity contribution in [3.05, 3.63) is 34.1 Å². The van der Waals surface area contributed by atoms with Gasteiger partial charge >= 0.3 is 6.09 Å². The van der Waals surface area contributed by atoms with E-state index in [0.717, 1.165) is 18.4 Å². The summed E-state index contributed by atoms with van der Waals surface area (Å²) in [5, 5.41) is 13.4. The average molecular weight is 400 g/mol. The summed E-state index contributed by atoms with van der Waals surface area (Å²) in [5.74, 6) is -0.323. The Morgan fingerprint density at radius 3 is 2.86 bits per heavy atom. The maximum Gasteiger partial charge on any atom is 0.411 e. The number of nitrogens with two attached hydrogens (primary N) is 1. The van der Waals surface area contributed by atoms with Gasteiger partial charge in [0.1, 0.15) is 11.4 Å². The number of piperazine rings is 1. The molecular weight excluding hydrogens is 371 g/mol. The van der Waals surface area contributed by atoms with Crippen LogP contribution in [-0.4, -0.2) is 41.8 Å². The fourth-order valence-electron chi connectivity index (χ4n) is 5.24. The van der Waals surface area contributed by atoms with E-state index in [4.69, 9.17) is 10.5 Å². The first kappa shape index (κ1) is 20.1. The van der Waals surface area contributed by atoms with Crippen LogP contribution < -0.4 is 11.1 Å². The number of nitrogens with one attached hydrogen (secondary N) is 1. The van der Waals surface area contributed by atoms with Crippen LogP contribution in [0, 0.1) is 17.1 Å². The van der Waals surface area contributed by atoms with Crippen molar-refractivity contribution in [3.8, 4) is 6.07 Å². The van der Waals surface area contributed by atoms with Crippen LogP contribution in [0.2, 0.25) is 0 Å². The van der Waals surface area contributed by atoms with Gasteiger partial charge in [-0.05, 0) is 70.1 Å². The van der Waals surface area contributed by atoms with E-state index in [0.29, 0.717) is 49.0 Å². The molecule has 1 aromatic rings. The van der Waals surface area contributed by atoms with Crippen LogP contribution in [0.15, 0.2) is 6.07 Å². The van der Waals surface area contributed by atoms with Crippen molar-refractivity contribution in [1.82, 2.24) is 10.2 Å². The summed E-state index contributed by atoms with van der Waals surface area (Å²) in [5.41, 5.74) is 7.07. The number of halogens is 1. The molecule has 2 fully saturated rings. The van der Waals surface area contributed by atoms with Crippen LogP contribution in [-0.2, 0) is 23.1 Å². The molecule has 2 saturated heterocycles. The molecule has 0 aromatic heterocycles. The molecule has 156 valence electrons. The predicted octanol–water partition coefficient (Wildman–Crippen LogP) is 2.71. The van der Waals surface area contributed by atoms with Gasteiger partial charge in [-0.15, -0.1) is 0 Å². The molecule has 3 unspecified atom stereocenters. The predicted molar refractivity (Wildman–Crippen MR) is 107 cm³/mol. The zero-order chi connectivity index (χ0) is 21.0. The van der Waals surface area contributed by atoms with Crippen molar-refractivity contribution in [2.24, 2.45) is 5.73 Å². The summed E-state index contributed by atoms with van der Waals surface area (Å²) >= 11 is 0. The summed E-state index contributed by atoms with van der Waals surface area (Å²) < 4.78 is 20.9. The number of amides is 1. The second-order valence-electron chi connectivity index (χ2n) is 9.56. The first-order valence-corrected chi connectivity index (χ1v) is 10.4. The Balaban J connectivity index is 1.85. The second-order valence-corrected chi connectivity index (χ2v) is 9.56. The van der Waals surface area contributed by atoms with Gasteiger partial charge in [0.2, 0.25) is 0 Å². The fourth-order valence-corrected chi connectivity index (χ4v) is 5.24. The maximum atomic E-state index is 15.2. The third kappa shape index (κ3) is 3.28. The van der Waals surface area contributed by atoms with E-state index in [9.17, 15) is 10.1 Å². The Morgan fingerprint density at radius 2 is 2.17 bits per heavy atom. The smallest absolute Gasteiger partial charge is 0.411 e. The molecule has 3 atom stereocenters. The lowest BCUT2D eigenvalue weighted by atomic mass is 9.77. The lowest BCUT2D eigenvalue weighted by Gasteiger charge is -2.46. The van der Waals surface area contributed by atoms with Crippen molar-refractivity contribution in [3.63, 3.8) is 0 Å². The zero-order valence-electron chi connectivity index (χ0n) is 17.3. The molecule has 2 bridgehead atoms. The topological polar surface area (TPSA) is 91.4 Å². The number of hydrogen-bond acceptors (Lipinski definition) is 5. The molecule has 0 saturated carbocycles. The van der Waals surface area contributed by atoms with Gasteiger partial charge in [-0.25, -0.2) is 9.18 Å². The van der Waals surface area contributed by atoms with Crippen molar-refractivity contribution in [2.45, 2.75) is 76.1 Å². The molecule has 2 heterocycles. The van der Waals surface area contributed by atoms with Crippen molar-refractivity contribution < 1.29 is 13.9 Å². The standard InChI is InChI=1S/C22H29FN4O2/c1-21(2,3)29-20(28)27-14-6-7-22(27,12-26-11-14)18-9-19(23)16-8-13(25)4-5-15(16)17(18)10-24/h9,13-14,26H,4-8,11-12,25H2,1-3H3. The van der Waals surface area contributed by atoms with E-state index < -0.39 is 17.2 Å². The molecule has 0 spiro atoms. The molecule has 2 aliphatic heterocycles. The third-order valence-electron chi connectivity index (χ3n) is 6.44. The molecule has 29 heavy (non-hydrogen) atoms. The van der Waals surface area contributed by atoms with Gasteiger partial charge in [0.25, 0.3) is 0 Å². The zero-order valence-corrected chi connectivity index (χ0v) is 17.3. The van der Waals surface area contributed by atoms with Crippen LogP contribution in [0.4, 0.5) is 9.18 Å². The summed E-state index contributed by atoms with van der Waals surface area (Å²) in [6.45, 7) is 6.67. The number of fused-ring (bicyclic) bond motifs is 3. The van der Waals surface area contributed by atoms with Crippen LogP contribution in [0.25, 0.3) is 0 Å². The number of nitrogens with zero attached hydrogens (tertiary/aromatic N) is 2. The Bertz CT molecular complexity index is 884.